The van der Waals surface area contributed by atoms with Crippen LogP contribution < -0.4 is 10.2 Å². The lowest BCUT2D eigenvalue weighted by atomic mass is 9.56. The molecule has 6 atom stereocenters. The Bertz CT molecular complexity index is 1440. The molecule has 4 amide bonds. The van der Waals surface area contributed by atoms with Crippen molar-refractivity contribution in [3.8, 4) is 5.75 Å². The zero-order valence-electron chi connectivity index (χ0n) is 19.5. The molecule has 2 heterocycles. The normalized spacial score (nSPS) is 34.6. The van der Waals surface area contributed by atoms with E-state index in [4.69, 9.17) is 23.2 Å². The molecule has 6 rings (SSSR count). The summed E-state index contributed by atoms with van der Waals surface area (Å²) in [4.78, 5) is 50.2. The Morgan fingerprint density at radius 2 is 1.70 bits per heavy atom. The summed E-state index contributed by atoms with van der Waals surface area (Å²) in [5.41, 5.74) is 1.50. The standard InChI is InChI=1S/C27H21Cl2FN2O5/c1-12-3-2-4-17(21(12)33)20-15-9-10-16-19(23(35)31-22(16)34)18(15)11-26(28)24(36)32(25(37)27(20,26)29)14-7-5-13(30)6-8-14/h2-9,16,18-20,33H,10-11H2,1H3,(H,31,34,35). The summed E-state index contributed by atoms with van der Waals surface area (Å²) in [6, 6.07) is 9.80. The Labute approximate surface area is 221 Å². The number of rotatable bonds is 2. The van der Waals surface area contributed by atoms with Crippen molar-refractivity contribution in [2.75, 3.05) is 4.90 Å². The first-order valence-corrected chi connectivity index (χ1v) is 12.6. The Hall–Kier alpha value is -3.23. The van der Waals surface area contributed by atoms with Gasteiger partial charge in [0.1, 0.15) is 11.6 Å². The quantitative estimate of drug-likeness (QED) is 0.342. The van der Waals surface area contributed by atoms with Gasteiger partial charge < -0.3 is 5.11 Å². The molecule has 0 bridgehead atoms. The number of imide groups is 2. The maximum absolute atomic E-state index is 14.1. The zero-order chi connectivity index (χ0) is 26.4. The second-order valence-electron chi connectivity index (χ2n) is 10.1. The number of phenols is 1. The Kier molecular flexibility index (Phi) is 5.14. The number of fused-ring (bicyclic) bond motifs is 4. The molecule has 0 aromatic heterocycles. The monoisotopic (exact) mass is 542 g/mol. The Morgan fingerprint density at radius 3 is 2.41 bits per heavy atom. The fourth-order valence-corrected chi connectivity index (χ4v) is 7.50. The van der Waals surface area contributed by atoms with E-state index >= 15 is 0 Å². The number of halogens is 3. The first-order valence-electron chi connectivity index (χ1n) is 11.9. The Balaban J connectivity index is 1.60. The van der Waals surface area contributed by atoms with Gasteiger partial charge in [-0.1, -0.05) is 29.8 Å². The third kappa shape index (κ3) is 3.00. The van der Waals surface area contributed by atoms with Crippen LogP contribution in [0.2, 0.25) is 0 Å². The molecule has 6 unspecified atom stereocenters. The Morgan fingerprint density at radius 1 is 1.00 bits per heavy atom. The molecule has 10 heteroatoms. The number of alkyl halides is 2. The first-order chi connectivity index (χ1) is 17.5. The van der Waals surface area contributed by atoms with Gasteiger partial charge in [0.2, 0.25) is 11.8 Å². The summed E-state index contributed by atoms with van der Waals surface area (Å²) in [5, 5.41) is 13.5. The van der Waals surface area contributed by atoms with E-state index in [-0.39, 0.29) is 24.3 Å². The van der Waals surface area contributed by atoms with E-state index in [1.54, 1.807) is 31.2 Å². The molecule has 2 saturated heterocycles. The zero-order valence-corrected chi connectivity index (χ0v) is 21.0. The average Bonchev–Trinajstić information content (AvgIpc) is 3.23. The second-order valence-corrected chi connectivity index (χ2v) is 11.4. The van der Waals surface area contributed by atoms with E-state index in [9.17, 15) is 28.7 Å². The lowest BCUT2D eigenvalue weighted by molar-refractivity contribution is -0.127. The number of allylic oxidation sites excluding steroid dienone is 2. The summed E-state index contributed by atoms with van der Waals surface area (Å²) in [7, 11) is 0. The van der Waals surface area contributed by atoms with E-state index in [0.717, 1.165) is 17.0 Å². The van der Waals surface area contributed by atoms with E-state index in [0.29, 0.717) is 16.7 Å². The highest BCUT2D eigenvalue weighted by Gasteiger charge is 2.76. The molecule has 2 aliphatic heterocycles. The van der Waals surface area contributed by atoms with Crippen LogP contribution in [-0.2, 0) is 19.2 Å². The average molecular weight is 543 g/mol. The third-order valence-corrected chi connectivity index (χ3v) is 9.73. The minimum atomic E-state index is -2.07. The van der Waals surface area contributed by atoms with E-state index in [2.05, 4.69) is 5.32 Å². The van der Waals surface area contributed by atoms with Gasteiger partial charge >= 0.3 is 0 Å². The molecule has 2 aromatic carbocycles. The smallest absolute Gasteiger partial charge is 0.258 e. The van der Waals surface area contributed by atoms with E-state index in [1.165, 1.54) is 12.1 Å². The fraction of sp³-hybridized carbons (Fsp3) is 0.333. The summed E-state index contributed by atoms with van der Waals surface area (Å²) in [5.74, 6) is -6.30. The lowest BCUT2D eigenvalue weighted by Crippen LogP contribution is -2.60. The highest BCUT2D eigenvalue weighted by Crippen LogP contribution is 2.66. The molecule has 0 spiro atoms. The van der Waals surface area contributed by atoms with Crippen molar-refractivity contribution in [3.63, 3.8) is 0 Å². The lowest BCUT2D eigenvalue weighted by Gasteiger charge is -2.50. The second kappa shape index (κ2) is 7.88. The molecule has 2 aromatic rings. The molecule has 3 fully saturated rings. The van der Waals surface area contributed by atoms with Crippen molar-refractivity contribution >= 4 is 52.5 Å². The van der Waals surface area contributed by atoms with Crippen LogP contribution in [0.4, 0.5) is 10.1 Å². The van der Waals surface area contributed by atoms with Crippen molar-refractivity contribution in [1.29, 1.82) is 0 Å². The van der Waals surface area contributed by atoms with Gasteiger partial charge in [-0.15, -0.1) is 23.2 Å². The number of nitrogens with one attached hydrogen (secondary N) is 1. The molecule has 190 valence electrons. The minimum absolute atomic E-state index is 0.0988. The SMILES string of the molecule is Cc1cccc(C2C3=CCC4C(=O)NC(=O)C4C3CC3(Cl)C(=O)N(c4ccc(F)cc4)C(=O)C23Cl)c1O. The number of benzene rings is 2. The van der Waals surface area contributed by atoms with Gasteiger partial charge in [0, 0.05) is 11.5 Å². The number of aryl methyl sites for hydroxylation is 1. The summed E-state index contributed by atoms with van der Waals surface area (Å²) in [6.07, 6.45) is 1.86. The van der Waals surface area contributed by atoms with Crippen molar-refractivity contribution < 1.29 is 28.7 Å². The van der Waals surface area contributed by atoms with Crippen LogP contribution in [0.15, 0.2) is 54.1 Å². The van der Waals surface area contributed by atoms with Crippen molar-refractivity contribution in [1.82, 2.24) is 5.32 Å². The summed E-state index contributed by atoms with van der Waals surface area (Å²) < 4.78 is 13.6. The van der Waals surface area contributed by atoms with Crippen LogP contribution in [0.3, 0.4) is 0 Å². The first kappa shape index (κ1) is 24.1. The summed E-state index contributed by atoms with van der Waals surface area (Å²) >= 11 is 14.4. The molecule has 0 radical (unpaired) electrons. The molecule has 4 aliphatic rings. The maximum atomic E-state index is 14.1. The minimum Gasteiger partial charge on any atom is -0.507 e. The topological polar surface area (TPSA) is 104 Å². The van der Waals surface area contributed by atoms with Crippen LogP contribution in [0.1, 0.15) is 29.9 Å². The van der Waals surface area contributed by atoms with Gasteiger partial charge in [-0.05, 0) is 55.5 Å². The summed E-state index contributed by atoms with van der Waals surface area (Å²) in [6.45, 7) is 1.69. The van der Waals surface area contributed by atoms with Gasteiger partial charge in [-0.3, -0.25) is 24.5 Å². The maximum Gasteiger partial charge on any atom is 0.258 e. The number of carbonyl (C=O) groups excluding carboxylic acids is 4. The number of amides is 4. The van der Waals surface area contributed by atoms with Gasteiger partial charge in [0.25, 0.3) is 11.8 Å². The van der Waals surface area contributed by atoms with Crippen LogP contribution in [0, 0.1) is 30.5 Å². The van der Waals surface area contributed by atoms with Crippen LogP contribution >= 0.6 is 23.2 Å². The molecule has 2 N–H and O–H groups in total. The number of aromatic hydroxyl groups is 1. The van der Waals surface area contributed by atoms with Crippen LogP contribution in [0.5, 0.6) is 5.75 Å². The highest BCUT2D eigenvalue weighted by molar-refractivity contribution is 6.58. The van der Waals surface area contributed by atoms with E-state index in [1.807, 2.05) is 0 Å². The van der Waals surface area contributed by atoms with Gasteiger partial charge in [0.15, 0.2) is 9.75 Å². The van der Waals surface area contributed by atoms with Crippen molar-refractivity contribution in [2.45, 2.75) is 35.4 Å². The highest BCUT2D eigenvalue weighted by atomic mass is 35.5. The largest absolute Gasteiger partial charge is 0.507 e. The van der Waals surface area contributed by atoms with Gasteiger partial charge in [0.05, 0.1) is 17.5 Å². The number of nitrogens with zero attached hydrogens (tertiary/aromatic N) is 1. The van der Waals surface area contributed by atoms with E-state index < -0.39 is 62.9 Å². The van der Waals surface area contributed by atoms with Gasteiger partial charge in [-0.2, -0.15) is 0 Å². The molecular weight excluding hydrogens is 522 g/mol. The third-order valence-electron chi connectivity index (χ3n) is 8.32. The predicted octanol–water partition coefficient (Wildman–Crippen LogP) is 3.69. The predicted molar refractivity (Wildman–Crippen MR) is 133 cm³/mol. The number of hydrogen-bond acceptors (Lipinski definition) is 5. The number of anilines is 1. The van der Waals surface area contributed by atoms with Crippen LogP contribution in [0.25, 0.3) is 0 Å². The number of phenolic OH excluding ortho intramolecular Hbond substituents is 1. The molecule has 2 aliphatic carbocycles. The molecule has 1 saturated carbocycles. The number of hydrogen-bond donors (Lipinski definition) is 2. The number of carbonyl (C=O) groups is 4. The van der Waals surface area contributed by atoms with Crippen LogP contribution in [-0.4, -0.2) is 38.5 Å². The van der Waals surface area contributed by atoms with Gasteiger partial charge in [-0.25, -0.2) is 9.29 Å². The molecule has 7 nitrogen and oxygen atoms in total. The molecule has 37 heavy (non-hydrogen) atoms. The molecular formula is C27H21Cl2FN2O5. The van der Waals surface area contributed by atoms with Crippen molar-refractivity contribution in [3.05, 3.63) is 71.1 Å². The number of para-hydroxylation sites is 1. The van der Waals surface area contributed by atoms with Crippen molar-refractivity contribution in [2.24, 2.45) is 17.8 Å². The fourth-order valence-electron chi connectivity index (χ4n) is 6.57.